The molecule has 1 N–H and O–H groups in total. The molecule has 3 rings (SSSR count). The zero-order valence-electron chi connectivity index (χ0n) is 9.02. The van der Waals surface area contributed by atoms with E-state index in [1.807, 2.05) is 12.1 Å². The number of carboxylic acid groups (broad SMARTS) is 1. The molecule has 2 aliphatic rings. The molecular formula is C13H11BrNO2-. The number of nitrogens with one attached hydrogen (secondary N) is 1. The summed E-state index contributed by atoms with van der Waals surface area (Å²) in [6, 6.07) is 5.29. The molecule has 1 heterocycles. The van der Waals surface area contributed by atoms with Crippen LogP contribution in [-0.2, 0) is 4.79 Å². The second-order valence-electron chi connectivity index (χ2n) is 4.53. The maximum absolute atomic E-state index is 11.2. The van der Waals surface area contributed by atoms with Gasteiger partial charge in [-0.15, -0.1) is 0 Å². The molecule has 3 atom stereocenters. The van der Waals surface area contributed by atoms with Crippen molar-refractivity contribution < 1.29 is 9.90 Å². The number of aliphatic carboxylic acids is 1. The third kappa shape index (κ3) is 1.67. The fraction of sp³-hybridized carbons (Fsp3) is 0.308. The van der Waals surface area contributed by atoms with E-state index in [-0.39, 0.29) is 11.8 Å². The molecule has 3 nitrogen and oxygen atoms in total. The average Bonchev–Trinajstić information content (AvgIpc) is 2.76. The van der Waals surface area contributed by atoms with E-state index in [1.165, 1.54) is 0 Å². The minimum absolute atomic E-state index is 0.0711. The number of benzene rings is 1. The van der Waals surface area contributed by atoms with Crippen LogP contribution >= 0.6 is 15.9 Å². The fourth-order valence-corrected chi connectivity index (χ4v) is 3.18. The van der Waals surface area contributed by atoms with Crippen LogP contribution in [-0.4, -0.2) is 12.0 Å². The quantitative estimate of drug-likeness (QED) is 0.801. The lowest BCUT2D eigenvalue weighted by Crippen LogP contribution is -2.48. The van der Waals surface area contributed by atoms with Crippen LogP contribution in [0.25, 0.3) is 0 Å². The number of carboxylic acids is 1. The van der Waals surface area contributed by atoms with Gasteiger partial charge in [0.05, 0.1) is 12.0 Å². The molecule has 1 aliphatic carbocycles. The van der Waals surface area contributed by atoms with Crippen molar-refractivity contribution in [1.29, 1.82) is 0 Å². The predicted molar refractivity (Wildman–Crippen MR) is 66.5 cm³/mol. The topological polar surface area (TPSA) is 52.2 Å². The highest BCUT2D eigenvalue weighted by atomic mass is 79.9. The SMILES string of the molecule is O=C([O-])[C@@H]1Nc2ccc(Br)cc2[C@H]2C=CC[C@H]21. The lowest BCUT2D eigenvalue weighted by molar-refractivity contribution is -0.308. The Balaban J connectivity index is 2.09. The van der Waals surface area contributed by atoms with Gasteiger partial charge in [0.2, 0.25) is 0 Å². The molecule has 0 aromatic heterocycles. The molecule has 0 spiro atoms. The van der Waals surface area contributed by atoms with Crippen molar-refractivity contribution in [2.24, 2.45) is 5.92 Å². The number of halogens is 1. The Morgan fingerprint density at radius 3 is 3.06 bits per heavy atom. The van der Waals surface area contributed by atoms with Gasteiger partial charge in [0.1, 0.15) is 0 Å². The fourth-order valence-electron chi connectivity index (χ4n) is 2.80. The van der Waals surface area contributed by atoms with Crippen molar-refractivity contribution in [2.45, 2.75) is 18.4 Å². The minimum atomic E-state index is -1.02. The second kappa shape index (κ2) is 3.88. The molecule has 88 valence electrons. The van der Waals surface area contributed by atoms with E-state index in [0.29, 0.717) is 0 Å². The number of anilines is 1. The van der Waals surface area contributed by atoms with Crippen LogP contribution in [0.15, 0.2) is 34.8 Å². The van der Waals surface area contributed by atoms with E-state index in [9.17, 15) is 9.90 Å². The number of hydrogen-bond acceptors (Lipinski definition) is 3. The molecule has 1 aromatic rings. The predicted octanol–water partition coefficient (Wildman–Crippen LogP) is 1.65. The summed E-state index contributed by atoms with van der Waals surface area (Å²) in [4.78, 5) is 11.2. The van der Waals surface area contributed by atoms with Crippen LogP contribution < -0.4 is 10.4 Å². The van der Waals surface area contributed by atoms with Gasteiger partial charge in [-0.25, -0.2) is 0 Å². The average molecular weight is 293 g/mol. The van der Waals surface area contributed by atoms with Crippen molar-refractivity contribution in [3.8, 4) is 0 Å². The summed E-state index contributed by atoms with van der Waals surface area (Å²) in [5, 5.41) is 14.2. The summed E-state index contributed by atoms with van der Waals surface area (Å²) < 4.78 is 1.02. The van der Waals surface area contributed by atoms with Gasteiger partial charge in [-0.2, -0.15) is 0 Å². The number of carbonyl (C=O) groups excluding carboxylic acids is 1. The van der Waals surface area contributed by atoms with Crippen LogP contribution in [0, 0.1) is 5.92 Å². The van der Waals surface area contributed by atoms with Crippen LogP contribution in [0.2, 0.25) is 0 Å². The normalized spacial score (nSPS) is 29.4. The molecule has 0 saturated carbocycles. The summed E-state index contributed by atoms with van der Waals surface area (Å²) in [5.74, 6) is -0.759. The van der Waals surface area contributed by atoms with Gasteiger partial charge in [0.25, 0.3) is 0 Å². The molecule has 0 amide bonds. The zero-order chi connectivity index (χ0) is 12.0. The monoisotopic (exact) mass is 292 g/mol. The highest BCUT2D eigenvalue weighted by Gasteiger charge is 2.37. The standard InChI is InChI=1S/C13H12BrNO2/c14-7-4-5-11-10(6-7)8-2-1-3-9(8)12(15-11)13(16)17/h1-2,4-6,8-9,12,15H,3H2,(H,16,17)/p-1/t8-,9+,12+/m0/s1. The van der Waals surface area contributed by atoms with Gasteiger partial charge >= 0.3 is 0 Å². The Bertz CT molecular complexity index is 512. The minimum Gasteiger partial charge on any atom is -0.548 e. The van der Waals surface area contributed by atoms with Crippen molar-refractivity contribution >= 4 is 27.6 Å². The molecule has 4 heteroatoms. The Morgan fingerprint density at radius 2 is 2.29 bits per heavy atom. The lowest BCUT2D eigenvalue weighted by atomic mass is 9.79. The van der Waals surface area contributed by atoms with Crippen molar-refractivity contribution in [2.75, 3.05) is 5.32 Å². The van der Waals surface area contributed by atoms with Gasteiger partial charge in [-0.1, -0.05) is 28.1 Å². The molecule has 17 heavy (non-hydrogen) atoms. The van der Waals surface area contributed by atoms with Crippen LogP contribution in [0.4, 0.5) is 5.69 Å². The van der Waals surface area contributed by atoms with Crippen LogP contribution in [0.1, 0.15) is 17.9 Å². The Kier molecular flexibility index (Phi) is 2.47. The summed E-state index contributed by atoms with van der Waals surface area (Å²) in [7, 11) is 0. The van der Waals surface area contributed by atoms with Gasteiger partial charge in [0, 0.05) is 16.1 Å². The van der Waals surface area contributed by atoms with E-state index < -0.39 is 12.0 Å². The highest BCUT2D eigenvalue weighted by molar-refractivity contribution is 9.10. The smallest absolute Gasteiger partial charge is 0.0698 e. The lowest BCUT2D eigenvalue weighted by Gasteiger charge is -2.37. The molecule has 0 saturated heterocycles. The maximum atomic E-state index is 11.2. The molecule has 0 radical (unpaired) electrons. The first-order valence-electron chi connectivity index (χ1n) is 5.60. The van der Waals surface area contributed by atoms with Crippen LogP contribution in [0.3, 0.4) is 0 Å². The molecule has 1 aliphatic heterocycles. The maximum Gasteiger partial charge on any atom is 0.0698 e. The Hall–Kier alpha value is -1.29. The third-order valence-corrected chi connectivity index (χ3v) is 4.07. The molecule has 1 aromatic carbocycles. The van der Waals surface area contributed by atoms with E-state index in [0.717, 1.165) is 22.1 Å². The van der Waals surface area contributed by atoms with E-state index >= 15 is 0 Å². The number of rotatable bonds is 1. The summed E-state index contributed by atoms with van der Waals surface area (Å²) in [6.45, 7) is 0. The number of hydrogen-bond donors (Lipinski definition) is 1. The van der Waals surface area contributed by atoms with Crippen molar-refractivity contribution in [3.05, 3.63) is 40.4 Å². The first-order chi connectivity index (χ1) is 8.16. The summed E-state index contributed by atoms with van der Waals surface area (Å²) in [5.41, 5.74) is 2.06. The van der Waals surface area contributed by atoms with Gasteiger partial charge in [-0.3, -0.25) is 0 Å². The molecular weight excluding hydrogens is 282 g/mol. The largest absolute Gasteiger partial charge is 0.548 e. The highest BCUT2D eigenvalue weighted by Crippen LogP contribution is 2.45. The van der Waals surface area contributed by atoms with E-state index in [4.69, 9.17) is 0 Å². The second-order valence-corrected chi connectivity index (χ2v) is 5.44. The summed E-state index contributed by atoms with van der Waals surface area (Å²) in [6.07, 6.45) is 4.96. The van der Waals surface area contributed by atoms with Gasteiger partial charge < -0.3 is 15.2 Å². The van der Waals surface area contributed by atoms with Crippen molar-refractivity contribution in [1.82, 2.24) is 0 Å². The zero-order valence-corrected chi connectivity index (χ0v) is 10.6. The van der Waals surface area contributed by atoms with E-state index in [2.05, 4.69) is 39.5 Å². The first-order valence-corrected chi connectivity index (χ1v) is 6.39. The third-order valence-electron chi connectivity index (χ3n) is 3.58. The number of allylic oxidation sites excluding steroid dienone is 2. The first kappa shape index (κ1) is 10.8. The Morgan fingerprint density at radius 1 is 1.47 bits per heavy atom. The summed E-state index contributed by atoms with van der Waals surface area (Å²) >= 11 is 3.45. The number of carbonyl (C=O) groups is 1. The van der Waals surface area contributed by atoms with E-state index in [1.54, 1.807) is 0 Å². The Labute approximate surface area is 108 Å². The van der Waals surface area contributed by atoms with Gasteiger partial charge in [-0.05, 0) is 36.1 Å². The van der Waals surface area contributed by atoms with Gasteiger partial charge in [0.15, 0.2) is 0 Å². The van der Waals surface area contributed by atoms with Crippen LogP contribution in [0.5, 0.6) is 0 Å². The molecule has 0 bridgehead atoms. The number of fused-ring (bicyclic) bond motifs is 3. The van der Waals surface area contributed by atoms with Crippen molar-refractivity contribution in [3.63, 3.8) is 0 Å². The molecule has 0 fully saturated rings. The molecule has 0 unspecified atom stereocenters.